The number of hydrogen-bond donors (Lipinski definition) is 2. The highest BCUT2D eigenvalue weighted by atomic mass is 127. The summed E-state index contributed by atoms with van der Waals surface area (Å²) in [7, 11) is 1.79. The average molecular weight is 478 g/mol. The molecule has 26 heavy (non-hydrogen) atoms. The number of hydrogen-bond acceptors (Lipinski definition) is 3. The van der Waals surface area contributed by atoms with E-state index in [9.17, 15) is 4.79 Å². The van der Waals surface area contributed by atoms with Crippen LogP contribution >= 0.6 is 24.0 Å². The first kappa shape index (κ1) is 23.0. The molecule has 0 saturated carbocycles. The fraction of sp³-hybridized carbons (Fsp3) is 0.833. The van der Waals surface area contributed by atoms with Crippen molar-refractivity contribution in [2.24, 2.45) is 10.9 Å². The topological polar surface area (TPSA) is 76.2 Å². The zero-order valence-corrected chi connectivity index (χ0v) is 19.0. The normalized spacial score (nSPS) is 15.3. The lowest BCUT2D eigenvalue weighted by Crippen LogP contribution is -2.42. The van der Waals surface area contributed by atoms with Crippen LogP contribution in [0.15, 0.2) is 9.79 Å². The molecule has 0 fully saturated rings. The van der Waals surface area contributed by atoms with E-state index in [0.717, 1.165) is 62.9 Å². The van der Waals surface area contributed by atoms with Crippen LogP contribution in [0.5, 0.6) is 0 Å². The predicted molar refractivity (Wildman–Crippen MR) is 117 cm³/mol. The summed E-state index contributed by atoms with van der Waals surface area (Å²) in [6.45, 7) is 8.91. The molecule has 2 N–H and O–H groups in total. The average Bonchev–Trinajstić information content (AvgIpc) is 2.92. The fourth-order valence-electron chi connectivity index (χ4n) is 3.11. The molecular weight excluding hydrogens is 443 g/mol. The maximum absolute atomic E-state index is 12.3. The lowest BCUT2D eigenvalue weighted by molar-refractivity contribution is 0.487. The van der Waals surface area contributed by atoms with Gasteiger partial charge in [0, 0.05) is 39.1 Å². The van der Waals surface area contributed by atoms with Crippen LogP contribution in [-0.4, -0.2) is 39.9 Å². The summed E-state index contributed by atoms with van der Waals surface area (Å²) in [6.07, 6.45) is 6.32. The SMILES string of the molecule is CN=C(NCCCn1nc2n(c1=O)CCCC2)NC(C)CCC(C)C.I. The van der Waals surface area contributed by atoms with Crippen LogP contribution in [0.4, 0.5) is 0 Å². The van der Waals surface area contributed by atoms with E-state index >= 15 is 0 Å². The van der Waals surface area contributed by atoms with E-state index in [4.69, 9.17) is 0 Å². The minimum atomic E-state index is 0. The van der Waals surface area contributed by atoms with E-state index < -0.39 is 0 Å². The van der Waals surface area contributed by atoms with Gasteiger partial charge >= 0.3 is 5.69 Å². The molecule has 1 aromatic rings. The maximum atomic E-state index is 12.3. The van der Waals surface area contributed by atoms with E-state index in [1.54, 1.807) is 11.7 Å². The summed E-state index contributed by atoms with van der Waals surface area (Å²) in [6, 6.07) is 0.399. The molecule has 0 amide bonds. The van der Waals surface area contributed by atoms with Crippen LogP contribution in [0.25, 0.3) is 0 Å². The van der Waals surface area contributed by atoms with E-state index in [2.05, 4.69) is 41.5 Å². The first-order valence-corrected chi connectivity index (χ1v) is 9.65. The molecule has 7 nitrogen and oxygen atoms in total. The van der Waals surface area contributed by atoms with Crippen molar-refractivity contribution in [3.05, 3.63) is 16.3 Å². The molecule has 0 saturated heterocycles. The number of guanidine groups is 1. The second-order valence-electron chi connectivity index (χ2n) is 7.40. The van der Waals surface area contributed by atoms with Gasteiger partial charge in [0.05, 0.1) is 0 Å². The van der Waals surface area contributed by atoms with Crippen LogP contribution in [0.1, 0.15) is 58.7 Å². The molecule has 1 unspecified atom stereocenters. The monoisotopic (exact) mass is 478 g/mol. The van der Waals surface area contributed by atoms with Gasteiger partial charge in [-0.3, -0.25) is 9.56 Å². The van der Waals surface area contributed by atoms with Gasteiger partial charge in [0.25, 0.3) is 0 Å². The molecule has 2 heterocycles. The van der Waals surface area contributed by atoms with Gasteiger partial charge in [0.15, 0.2) is 5.96 Å². The highest BCUT2D eigenvalue weighted by Gasteiger charge is 2.16. The summed E-state index contributed by atoms with van der Waals surface area (Å²) in [5, 5.41) is 11.2. The minimum absolute atomic E-state index is 0. The van der Waals surface area contributed by atoms with Gasteiger partial charge in [-0.15, -0.1) is 24.0 Å². The van der Waals surface area contributed by atoms with Gasteiger partial charge < -0.3 is 10.6 Å². The highest BCUT2D eigenvalue weighted by Crippen LogP contribution is 2.09. The molecular formula is C18H35IN6O. The largest absolute Gasteiger partial charge is 0.356 e. The Balaban J connectivity index is 0.00000338. The summed E-state index contributed by atoms with van der Waals surface area (Å²) in [4.78, 5) is 16.6. The Morgan fingerprint density at radius 1 is 1.27 bits per heavy atom. The Kier molecular flexibility index (Phi) is 10.3. The van der Waals surface area contributed by atoms with Crippen molar-refractivity contribution in [3.63, 3.8) is 0 Å². The molecule has 1 aliphatic rings. The number of rotatable bonds is 8. The first-order chi connectivity index (χ1) is 12.0. The molecule has 0 aliphatic carbocycles. The quantitative estimate of drug-likeness (QED) is 0.261. The minimum Gasteiger partial charge on any atom is -0.356 e. The van der Waals surface area contributed by atoms with Crippen molar-refractivity contribution in [2.75, 3.05) is 13.6 Å². The van der Waals surface area contributed by atoms with Crippen molar-refractivity contribution < 1.29 is 0 Å². The smallest absolute Gasteiger partial charge is 0.345 e. The number of nitrogens with one attached hydrogen (secondary N) is 2. The summed E-state index contributed by atoms with van der Waals surface area (Å²) >= 11 is 0. The van der Waals surface area contributed by atoms with Crippen molar-refractivity contribution in [1.82, 2.24) is 25.0 Å². The number of aromatic nitrogens is 3. The molecule has 0 aromatic carbocycles. The van der Waals surface area contributed by atoms with Crippen LogP contribution < -0.4 is 16.3 Å². The van der Waals surface area contributed by atoms with Crippen molar-refractivity contribution in [2.45, 2.75) is 78.4 Å². The third kappa shape index (κ3) is 6.92. The highest BCUT2D eigenvalue weighted by molar-refractivity contribution is 14.0. The van der Waals surface area contributed by atoms with E-state index in [1.807, 2.05) is 4.57 Å². The van der Waals surface area contributed by atoms with Crippen LogP contribution in [0, 0.1) is 5.92 Å². The molecule has 0 spiro atoms. The lowest BCUT2D eigenvalue weighted by Gasteiger charge is -2.18. The number of fused-ring (bicyclic) bond motifs is 1. The van der Waals surface area contributed by atoms with Crippen molar-refractivity contribution in [1.29, 1.82) is 0 Å². The fourth-order valence-corrected chi connectivity index (χ4v) is 3.11. The maximum Gasteiger partial charge on any atom is 0.345 e. The van der Waals surface area contributed by atoms with Gasteiger partial charge in [0.1, 0.15) is 5.82 Å². The van der Waals surface area contributed by atoms with E-state index in [1.165, 1.54) is 6.42 Å². The second-order valence-corrected chi connectivity index (χ2v) is 7.40. The van der Waals surface area contributed by atoms with Crippen LogP contribution in [0.3, 0.4) is 0 Å². The van der Waals surface area contributed by atoms with Gasteiger partial charge in [-0.1, -0.05) is 13.8 Å². The Labute approximate surface area is 174 Å². The molecule has 2 rings (SSSR count). The Morgan fingerprint density at radius 3 is 2.69 bits per heavy atom. The molecule has 1 aliphatic heterocycles. The molecule has 8 heteroatoms. The molecule has 150 valence electrons. The van der Waals surface area contributed by atoms with Gasteiger partial charge in [-0.25, -0.2) is 9.48 Å². The lowest BCUT2D eigenvalue weighted by atomic mass is 10.0. The van der Waals surface area contributed by atoms with Gasteiger partial charge in [-0.2, -0.15) is 5.10 Å². The van der Waals surface area contributed by atoms with Crippen LogP contribution in [-0.2, 0) is 19.5 Å². The molecule has 0 bridgehead atoms. The Bertz CT molecular complexity index is 622. The Hall–Kier alpha value is -1.06. The summed E-state index contributed by atoms with van der Waals surface area (Å²) < 4.78 is 3.44. The number of nitrogens with zero attached hydrogens (tertiary/aromatic N) is 4. The second kappa shape index (κ2) is 11.6. The number of halogens is 1. The van der Waals surface area contributed by atoms with Crippen molar-refractivity contribution >= 4 is 29.9 Å². The van der Waals surface area contributed by atoms with Gasteiger partial charge in [-0.05, 0) is 44.9 Å². The van der Waals surface area contributed by atoms with Crippen LogP contribution in [0.2, 0.25) is 0 Å². The molecule has 1 atom stereocenters. The number of aliphatic imine (C=N–C) groups is 1. The Morgan fingerprint density at radius 2 is 2.04 bits per heavy atom. The summed E-state index contributed by atoms with van der Waals surface area (Å²) in [5.41, 5.74) is 0.0412. The zero-order chi connectivity index (χ0) is 18.2. The number of aryl methyl sites for hydroxylation is 2. The first-order valence-electron chi connectivity index (χ1n) is 9.65. The van der Waals surface area contributed by atoms with E-state index in [0.29, 0.717) is 12.6 Å². The van der Waals surface area contributed by atoms with E-state index in [-0.39, 0.29) is 29.7 Å². The van der Waals surface area contributed by atoms with Gasteiger partial charge in [0.2, 0.25) is 0 Å². The third-order valence-corrected chi connectivity index (χ3v) is 4.65. The predicted octanol–water partition coefficient (Wildman–Crippen LogP) is 2.38. The summed E-state index contributed by atoms with van der Waals surface area (Å²) in [5.74, 6) is 2.49. The zero-order valence-electron chi connectivity index (χ0n) is 16.6. The standard InChI is InChI=1S/C18H34N6O.HI/c1-14(2)9-10-15(3)21-17(19-4)20-11-7-13-24-18(25)23-12-6-5-8-16(23)22-24;/h14-15H,5-13H2,1-4H3,(H2,19,20,21);1H. The van der Waals surface area contributed by atoms with Crippen molar-refractivity contribution in [3.8, 4) is 0 Å². The molecule has 1 aromatic heterocycles. The molecule has 0 radical (unpaired) electrons. The third-order valence-electron chi connectivity index (χ3n) is 4.65.